The number of anilines is 3. The third-order valence-electron chi connectivity index (χ3n) is 10.2. The van der Waals surface area contributed by atoms with Crippen molar-refractivity contribution in [3.05, 3.63) is 150 Å². The lowest BCUT2D eigenvalue weighted by molar-refractivity contribution is 0.660. The lowest BCUT2D eigenvalue weighted by atomic mass is 9.82. The second-order valence-electron chi connectivity index (χ2n) is 13.6. The highest BCUT2D eigenvalue weighted by atomic mass is 16.3. The monoisotopic (exact) mass is 593 g/mol. The van der Waals surface area contributed by atoms with Crippen molar-refractivity contribution in [2.24, 2.45) is 0 Å². The molecule has 0 unspecified atom stereocenters. The summed E-state index contributed by atoms with van der Waals surface area (Å²) in [5, 5.41) is 7.12. The molecule has 9 rings (SSSR count). The van der Waals surface area contributed by atoms with E-state index in [9.17, 15) is 0 Å². The van der Waals surface area contributed by atoms with Crippen LogP contribution in [0.4, 0.5) is 17.1 Å². The number of furan rings is 1. The molecule has 0 atom stereocenters. The smallest absolute Gasteiger partial charge is 0.143 e. The zero-order chi connectivity index (χ0) is 31.2. The third-order valence-corrected chi connectivity index (χ3v) is 10.2. The van der Waals surface area contributed by atoms with Crippen molar-refractivity contribution >= 4 is 60.5 Å². The largest absolute Gasteiger partial charge is 0.455 e. The first-order chi connectivity index (χ1) is 22.4. The summed E-state index contributed by atoms with van der Waals surface area (Å²) in [6.07, 6.45) is 0. The second kappa shape index (κ2) is 9.83. The van der Waals surface area contributed by atoms with Gasteiger partial charge in [-0.1, -0.05) is 125 Å². The van der Waals surface area contributed by atoms with Crippen LogP contribution < -0.4 is 4.90 Å². The first kappa shape index (κ1) is 27.0. The highest BCUT2D eigenvalue weighted by Crippen LogP contribution is 2.52. The standard InChI is InChI=1S/C44H35NO/c1-27(2)32-17-11-19-41-42(32)37-26-40(35-15-7-8-16-36(35)43(37)46-41)45(30-21-20-28-12-5-6-13-29(28)24-30)31-22-23-34-33-14-9-10-18-38(33)44(3,4)39(34)25-31/h5-27H,1-4H3. The van der Waals surface area contributed by atoms with Crippen molar-refractivity contribution in [2.45, 2.75) is 39.0 Å². The lowest BCUT2D eigenvalue weighted by Gasteiger charge is -2.29. The van der Waals surface area contributed by atoms with Crippen LogP contribution in [0.5, 0.6) is 0 Å². The van der Waals surface area contributed by atoms with Crippen LogP contribution in [0, 0.1) is 0 Å². The molecule has 0 radical (unpaired) electrons. The minimum absolute atomic E-state index is 0.101. The summed E-state index contributed by atoms with van der Waals surface area (Å²) in [6, 6.07) is 49.0. The van der Waals surface area contributed by atoms with Gasteiger partial charge in [-0.15, -0.1) is 0 Å². The Balaban J connectivity index is 1.38. The summed E-state index contributed by atoms with van der Waals surface area (Å²) >= 11 is 0. The molecular weight excluding hydrogens is 558 g/mol. The Bertz CT molecular complexity index is 2500. The van der Waals surface area contributed by atoms with Crippen LogP contribution in [0.15, 0.2) is 138 Å². The van der Waals surface area contributed by atoms with Crippen LogP contribution in [0.3, 0.4) is 0 Å². The number of nitrogens with zero attached hydrogens (tertiary/aromatic N) is 1. The Hall–Kier alpha value is -5.34. The average Bonchev–Trinajstić information content (AvgIpc) is 3.57. The van der Waals surface area contributed by atoms with Gasteiger partial charge in [0.25, 0.3) is 0 Å². The topological polar surface area (TPSA) is 16.4 Å². The predicted molar refractivity (Wildman–Crippen MR) is 195 cm³/mol. The maximum atomic E-state index is 6.67. The van der Waals surface area contributed by atoms with Gasteiger partial charge in [0.15, 0.2) is 0 Å². The number of rotatable bonds is 4. The van der Waals surface area contributed by atoms with Crippen LogP contribution in [-0.4, -0.2) is 0 Å². The Morgan fingerprint density at radius 1 is 0.565 bits per heavy atom. The fourth-order valence-electron chi connectivity index (χ4n) is 7.90. The summed E-state index contributed by atoms with van der Waals surface area (Å²) in [7, 11) is 0. The molecule has 0 spiro atoms. The van der Waals surface area contributed by atoms with Gasteiger partial charge in [0, 0.05) is 38.3 Å². The first-order valence-corrected chi connectivity index (χ1v) is 16.3. The van der Waals surface area contributed by atoms with Crippen molar-refractivity contribution in [3.8, 4) is 11.1 Å². The van der Waals surface area contributed by atoms with Crippen molar-refractivity contribution in [1.29, 1.82) is 0 Å². The van der Waals surface area contributed by atoms with Gasteiger partial charge in [-0.2, -0.15) is 0 Å². The Kier molecular flexibility index (Phi) is 5.77. The maximum absolute atomic E-state index is 6.67. The van der Waals surface area contributed by atoms with E-state index in [4.69, 9.17) is 4.42 Å². The summed E-state index contributed by atoms with van der Waals surface area (Å²) in [5.74, 6) is 0.372. The van der Waals surface area contributed by atoms with E-state index in [0.717, 1.165) is 44.4 Å². The van der Waals surface area contributed by atoms with E-state index in [-0.39, 0.29) is 5.41 Å². The molecule has 46 heavy (non-hydrogen) atoms. The van der Waals surface area contributed by atoms with Crippen molar-refractivity contribution in [2.75, 3.05) is 4.90 Å². The summed E-state index contributed by atoms with van der Waals surface area (Å²) in [5.41, 5.74) is 11.9. The van der Waals surface area contributed by atoms with Gasteiger partial charge < -0.3 is 9.32 Å². The third kappa shape index (κ3) is 3.83. The molecule has 2 nitrogen and oxygen atoms in total. The molecule has 0 saturated heterocycles. The van der Waals surface area contributed by atoms with Gasteiger partial charge in [-0.3, -0.25) is 0 Å². The van der Waals surface area contributed by atoms with E-state index in [0.29, 0.717) is 5.92 Å². The van der Waals surface area contributed by atoms with Crippen molar-refractivity contribution < 1.29 is 4.42 Å². The Morgan fingerprint density at radius 3 is 2.11 bits per heavy atom. The average molecular weight is 594 g/mol. The molecule has 1 heterocycles. The van der Waals surface area contributed by atoms with Crippen molar-refractivity contribution in [1.82, 2.24) is 0 Å². The van der Waals surface area contributed by atoms with Crippen molar-refractivity contribution in [3.63, 3.8) is 0 Å². The van der Waals surface area contributed by atoms with E-state index >= 15 is 0 Å². The zero-order valence-corrected chi connectivity index (χ0v) is 26.6. The molecular formula is C44H35NO. The van der Waals surface area contributed by atoms with Gasteiger partial charge in [0.1, 0.15) is 11.2 Å². The number of benzene rings is 7. The fraction of sp³-hybridized carbons (Fsp3) is 0.136. The molecule has 1 aliphatic rings. The minimum atomic E-state index is -0.101. The van der Waals surface area contributed by atoms with Crippen LogP contribution >= 0.6 is 0 Å². The van der Waals surface area contributed by atoms with Crippen LogP contribution in [0.25, 0.3) is 54.6 Å². The fourth-order valence-corrected chi connectivity index (χ4v) is 7.90. The summed E-state index contributed by atoms with van der Waals surface area (Å²) < 4.78 is 6.67. The molecule has 1 aliphatic carbocycles. The molecule has 0 bridgehead atoms. The SMILES string of the molecule is CC(C)c1cccc2oc3c4ccccc4c(N(c4ccc5c(c4)C(C)(C)c4ccccc4-5)c4ccc5ccccc5c4)cc3c12. The molecule has 0 saturated carbocycles. The van der Waals surface area contributed by atoms with Crippen LogP contribution in [0.2, 0.25) is 0 Å². The highest BCUT2D eigenvalue weighted by molar-refractivity contribution is 6.20. The van der Waals surface area contributed by atoms with Gasteiger partial charge in [-0.05, 0) is 80.9 Å². The molecule has 222 valence electrons. The maximum Gasteiger partial charge on any atom is 0.143 e. The summed E-state index contributed by atoms with van der Waals surface area (Å²) in [4.78, 5) is 2.46. The molecule has 0 amide bonds. The number of hydrogen-bond acceptors (Lipinski definition) is 2. The van der Waals surface area contributed by atoms with E-state index in [2.05, 4.69) is 166 Å². The first-order valence-electron chi connectivity index (χ1n) is 16.3. The van der Waals surface area contributed by atoms with Crippen LogP contribution in [-0.2, 0) is 5.41 Å². The molecule has 1 aromatic heterocycles. The Labute approximate surface area is 269 Å². The molecule has 2 heteroatoms. The highest BCUT2D eigenvalue weighted by Gasteiger charge is 2.36. The Morgan fingerprint density at radius 2 is 1.26 bits per heavy atom. The molecule has 0 N–H and O–H groups in total. The van der Waals surface area contributed by atoms with Gasteiger partial charge in [0.05, 0.1) is 5.69 Å². The lowest BCUT2D eigenvalue weighted by Crippen LogP contribution is -2.16. The molecule has 7 aromatic carbocycles. The molecule has 8 aromatic rings. The van der Waals surface area contributed by atoms with E-state index < -0.39 is 0 Å². The number of hydrogen-bond donors (Lipinski definition) is 0. The van der Waals surface area contributed by atoms with Gasteiger partial charge >= 0.3 is 0 Å². The van der Waals surface area contributed by atoms with Gasteiger partial charge in [0.2, 0.25) is 0 Å². The molecule has 0 fully saturated rings. The normalized spacial score (nSPS) is 13.6. The van der Waals surface area contributed by atoms with Crippen LogP contribution in [0.1, 0.15) is 50.3 Å². The summed E-state index contributed by atoms with van der Waals surface area (Å²) in [6.45, 7) is 9.24. The number of fused-ring (bicyclic) bond motifs is 9. The quantitative estimate of drug-likeness (QED) is 0.202. The van der Waals surface area contributed by atoms with E-state index in [1.165, 1.54) is 44.0 Å². The van der Waals surface area contributed by atoms with E-state index in [1.807, 2.05) is 0 Å². The second-order valence-corrected chi connectivity index (χ2v) is 13.6. The molecule has 0 aliphatic heterocycles. The minimum Gasteiger partial charge on any atom is -0.455 e. The van der Waals surface area contributed by atoms with E-state index in [1.54, 1.807) is 0 Å². The predicted octanol–water partition coefficient (Wildman–Crippen LogP) is 12.8. The zero-order valence-electron chi connectivity index (χ0n) is 26.6. The van der Waals surface area contributed by atoms with Gasteiger partial charge in [-0.25, -0.2) is 0 Å².